The second kappa shape index (κ2) is 4.95. The Hall–Kier alpha value is -2.38. The number of carbonyl (C=O) groups is 1. The summed E-state index contributed by atoms with van der Waals surface area (Å²) in [6, 6.07) is 3.83. The van der Waals surface area contributed by atoms with Crippen molar-refractivity contribution in [3.8, 4) is 0 Å². The molecule has 0 saturated carbocycles. The van der Waals surface area contributed by atoms with Gasteiger partial charge in [0.05, 0.1) is 7.11 Å². The summed E-state index contributed by atoms with van der Waals surface area (Å²) in [5.74, 6) is 1.62. The van der Waals surface area contributed by atoms with Crippen molar-refractivity contribution >= 4 is 17.6 Å². The predicted octanol–water partition coefficient (Wildman–Crippen LogP) is 0.321. The molecule has 1 saturated heterocycles. The molecule has 0 aliphatic carbocycles. The highest BCUT2D eigenvalue weighted by atomic mass is 16.5. The second-order valence-electron chi connectivity index (χ2n) is 4.65. The summed E-state index contributed by atoms with van der Waals surface area (Å²) in [4.78, 5) is 15.3. The number of anilines is 1. The third-order valence-electron chi connectivity index (χ3n) is 3.44. The van der Waals surface area contributed by atoms with Crippen molar-refractivity contribution in [3.05, 3.63) is 18.0 Å². The van der Waals surface area contributed by atoms with E-state index in [0.717, 1.165) is 30.4 Å². The van der Waals surface area contributed by atoms with Gasteiger partial charge >= 0.3 is 6.09 Å². The fourth-order valence-corrected chi connectivity index (χ4v) is 2.30. The summed E-state index contributed by atoms with van der Waals surface area (Å²) in [5, 5.41) is 12.5. The zero-order chi connectivity index (χ0) is 14.1. The quantitative estimate of drug-likeness (QED) is 0.746. The first-order valence-electron chi connectivity index (χ1n) is 6.46. The molecule has 8 heteroatoms. The largest absolute Gasteiger partial charge is 0.453 e. The highest BCUT2D eigenvalue weighted by Crippen LogP contribution is 2.15. The van der Waals surface area contributed by atoms with Crippen LogP contribution in [0, 0.1) is 6.92 Å². The first-order valence-corrected chi connectivity index (χ1v) is 6.46. The van der Waals surface area contributed by atoms with Gasteiger partial charge in [-0.05, 0) is 19.1 Å². The number of hydrogen-bond acceptors (Lipinski definition) is 6. The van der Waals surface area contributed by atoms with Gasteiger partial charge in [-0.25, -0.2) is 4.79 Å². The van der Waals surface area contributed by atoms with E-state index in [4.69, 9.17) is 4.74 Å². The first-order chi connectivity index (χ1) is 9.69. The number of nitrogens with zero attached hydrogens (tertiary/aromatic N) is 6. The summed E-state index contributed by atoms with van der Waals surface area (Å²) in [6.45, 7) is 4.59. The average molecular weight is 276 g/mol. The van der Waals surface area contributed by atoms with Crippen molar-refractivity contribution in [2.75, 3.05) is 38.2 Å². The summed E-state index contributed by atoms with van der Waals surface area (Å²) >= 11 is 0. The highest BCUT2D eigenvalue weighted by molar-refractivity contribution is 5.67. The molecular weight excluding hydrogens is 260 g/mol. The summed E-state index contributed by atoms with van der Waals surface area (Å²) in [7, 11) is 1.40. The fourth-order valence-electron chi connectivity index (χ4n) is 2.30. The maximum atomic E-state index is 11.4. The van der Waals surface area contributed by atoms with Crippen LogP contribution in [0.4, 0.5) is 10.6 Å². The van der Waals surface area contributed by atoms with Crippen LogP contribution in [0.5, 0.6) is 0 Å². The molecule has 0 atom stereocenters. The van der Waals surface area contributed by atoms with E-state index >= 15 is 0 Å². The monoisotopic (exact) mass is 276 g/mol. The van der Waals surface area contributed by atoms with E-state index in [9.17, 15) is 4.79 Å². The van der Waals surface area contributed by atoms with E-state index in [0.29, 0.717) is 13.1 Å². The molecule has 0 bridgehead atoms. The summed E-state index contributed by atoms with van der Waals surface area (Å²) < 4.78 is 6.45. The minimum atomic E-state index is -0.275. The maximum Gasteiger partial charge on any atom is 0.409 e. The van der Waals surface area contributed by atoms with Crippen LogP contribution in [-0.4, -0.2) is 64.1 Å². The summed E-state index contributed by atoms with van der Waals surface area (Å²) in [6.07, 6.45) is -0.275. The SMILES string of the molecule is COC(=O)N1CCN(c2ccc3nnc(C)n3n2)CC1. The van der Waals surface area contributed by atoms with Gasteiger partial charge in [0, 0.05) is 26.2 Å². The molecule has 0 N–H and O–H groups in total. The van der Waals surface area contributed by atoms with Crippen LogP contribution < -0.4 is 4.90 Å². The molecule has 2 aromatic rings. The third kappa shape index (κ3) is 2.13. The number of rotatable bonds is 1. The second-order valence-corrected chi connectivity index (χ2v) is 4.65. The van der Waals surface area contributed by atoms with Crippen molar-refractivity contribution < 1.29 is 9.53 Å². The van der Waals surface area contributed by atoms with Crippen LogP contribution >= 0.6 is 0 Å². The van der Waals surface area contributed by atoms with Crippen molar-refractivity contribution in [1.82, 2.24) is 24.7 Å². The lowest BCUT2D eigenvalue weighted by Gasteiger charge is -2.34. The Labute approximate surface area is 115 Å². The van der Waals surface area contributed by atoms with Gasteiger partial charge in [-0.3, -0.25) is 0 Å². The number of aromatic nitrogens is 4. The van der Waals surface area contributed by atoms with E-state index in [2.05, 4.69) is 20.2 Å². The molecule has 20 heavy (non-hydrogen) atoms. The molecule has 3 rings (SSSR count). The Morgan fingerprint density at radius 2 is 1.95 bits per heavy atom. The van der Waals surface area contributed by atoms with Crippen LogP contribution in [0.3, 0.4) is 0 Å². The Balaban J connectivity index is 1.76. The van der Waals surface area contributed by atoms with Gasteiger partial charge in [-0.2, -0.15) is 4.52 Å². The van der Waals surface area contributed by atoms with Gasteiger partial charge in [0.2, 0.25) is 0 Å². The highest BCUT2D eigenvalue weighted by Gasteiger charge is 2.22. The average Bonchev–Trinajstić information content (AvgIpc) is 2.87. The third-order valence-corrected chi connectivity index (χ3v) is 3.44. The van der Waals surface area contributed by atoms with Crippen molar-refractivity contribution in [1.29, 1.82) is 0 Å². The van der Waals surface area contributed by atoms with Crippen LogP contribution in [0.1, 0.15) is 5.82 Å². The standard InChI is InChI=1S/C12H16N6O2/c1-9-13-14-10-3-4-11(15-18(9)10)16-5-7-17(8-6-16)12(19)20-2/h3-4H,5-8H2,1-2H3. The maximum absolute atomic E-state index is 11.4. The molecule has 0 radical (unpaired) electrons. The number of fused-ring (bicyclic) bond motifs is 1. The van der Waals surface area contributed by atoms with E-state index in [1.165, 1.54) is 7.11 Å². The summed E-state index contributed by atoms with van der Waals surface area (Å²) in [5.41, 5.74) is 0.736. The zero-order valence-corrected chi connectivity index (χ0v) is 11.5. The number of hydrogen-bond donors (Lipinski definition) is 0. The normalized spacial score (nSPS) is 15.7. The van der Waals surface area contributed by atoms with Crippen molar-refractivity contribution in [2.45, 2.75) is 6.92 Å². The van der Waals surface area contributed by atoms with Crippen LogP contribution in [0.2, 0.25) is 0 Å². The molecule has 106 valence electrons. The Morgan fingerprint density at radius 3 is 2.65 bits per heavy atom. The number of aryl methyl sites for hydroxylation is 1. The Kier molecular flexibility index (Phi) is 3.13. The number of ether oxygens (including phenoxy) is 1. The number of piperazine rings is 1. The molecule has 1 fully saturated rings. The number of amides is 1. The molecule has 0 spiro atoms. The van der Waals surface area contributed by atoms with Gasteiger partial charge in [-0.15, -0.1) is 15.3 Å². The minimum absolute atomic E-state index is 0.275. The van der Waals surface area contributed by atoms with E-state index in [1.54, 1.807) is 9.42 Å². The molecule has 0 aromatic carbocycles. The van der Waals surface area contributed by atoms with Gasteiger partial charge < -0.3 is 14.5 Å². The molecule has 2 aromatic heterocycles. The molecule has 1 amide bonds. The first kappa shape index (κ1) is 12.6. The molecule has 1 aliphatic rings. The van der Waals surface area contributed by atoms with Crippen LogP contribution in [0.25, 0.3) is 5.65 Å². The van der Waals surface area contributed by atoms with E-state index in [-0.39, 0.29) is 6.09 Å². The topological polar surface area (TPSA) is 75.9 Å². The molecular formula is C12H16N6O2. The van der Waals surface area contributed by atoms with Crippen LogP contribution in [0.15, 0.2) is 12.1 Å². The number of methoxy groups -OCH3 is 1. The lowest BCUT2D eigenvalue weighted by molar-refractivity contribution is 0.121. The molecule has 8 nitrogen and oxygen atoms in total. The lowest BCUT2D eigenvalue weighted by Crippen LogP contribution is -2.49. The van der Waals surface area contributed by atoms with Crippen molar-refractivity contribution in [3.63, 3.8) is 0 Å². The smallest absolute Gasteiger partial charge is 0.409 e. The van der Waals surface area contributed by atoms with E-state index < -0.39 is 0 Å². The van der Waals surface area contributed by atoms with Gasteiger partial charge in [0.1, 0.15) is 5.82 Å². The fraction of sp³-hybridized carbons (Fsp3) is 0.500. The molecule has 1 aliphatic heterocycles. The Bertz CT molecular complexity index is 632. The van der Waals surface area contributed by atoms with Crippen molar-refractivity contribution in [2.24, 2.45) is 0 Å². The van der Waals surface area contributed by atoms with Crippen LogP contribution in [-0.2, 0) is 4.74 Å². The van der Waals surface area contributed by atoms with Gasteiger partial charge in [-0.1, -0.05) is 0 Å². The van der Waals surface area contributed by atoms with Gasteiger partial charge in [0.15, 0.2) is 11.5 Å². The number of carbonyl (C=O) groups excluding carboxylic acids is 1. The zero-order valence-electron chi connectivity index (χ0n) is 11.5. The predicted molar refractivity (Wildman–Crippen MR) is 71.7 cm³/mol. The lowest BCUT2D eigenvalue weighted by atomic mass is 10.3. The minimum Gasteiger partial charge on any atom is -0.453 e. The van der Waals surface area contributed by atoms with E-state index in [1.807, 2.05) is 19.1 Å². The van der Waals surface area contributed by atoms with Gasteiger partial charge in [0.25, 0.3) is 0 Å². The molecule has 0 unspecified atom stereocenters. The molecule has 3 heterocycles. The Morgan fingerprint density at radius 1 is 1.20 bits per heavy atom.